The van der Waals surface area contributed by atoms with E-state index in [4.69, 9.17) is 5.26 Å². The van der Waals surface area contributed by atoms with Gasteiger partial charge in [-0.05, 0) is 36.3 Å². The van der Waals surface area contributed by atoms with Gasteiger partial charge in [0.15, 0.2) is 0 Å². The molecule has 2 aliphatic carbocycles. The first-order chi connectivity index (χ1) is 7.29. The van der Waals surface area contributed by atoms with Gasteiger partial charge in [0.1, 0.15) is 0 Å². The molecule has 1 saturated carbocycles. The molecule has 0 radical (unpaired) electrons. The molecular formula is C14H13N. The molecule has 0 heterocycles. The van der Waals surface area contributed by atoms with Gasteiger partial charge in [-0.25, -0.2) is 0 Å². The molecule has 0 unspecified atom stereocenters. The van der Waals surface area contributed by atoms with Crippen LogP contribution in [-0.4, -0.2) is 0 Å². The Kier molecular flexibility index (Phi) is 1.73. The summed E-state index contributed by atoms with van der Waals surface area (Å²) in [5, 5.41) is 8.83. The number of nitrogens with zero attached hydrogens (tertiary/aromatic N) is 1. The second-order valence-corrected chi connectivity index (χ2v) is 4.66. The predicted molar refractivity (Wildman–Crippen MR) is 59.9 cm³/mol. The molecular weight excluding hydrogens is 182 g/mol. The molecule has 74 valence electrons. The average Bonchev–Trinajstić information content (AvgIpc) is 2.72. The van der Waals surface area contributed by atoms with Gasteiger partial charge in [-0.2, -0.15) is 5.26 Å². The second kappa shape index (κ2) is 2.97. The first-order valence-electron chi connectivity index (χ1n) is 5.47. The van der Waals surface area contributed by atoms with Gasteiger partial charge >= 0.3 is 0 Å². The van der Waals surface area contributed by atoms with Crippen molar-refractivity contribution in [1.29, 1.82) is 5.26 Å². The average molecular weight is 195 g/mol. The first-order valence-corrected chi connectivity index (χ1v) is 5.47. The molecule has 0 N–H and O–H groups in total. The number of benzene rings is 1. The van der Waals surface area contributed by atoms with Gasteiger partial charge in [-0.15, -0.1) is 0 Å². The molecule has 0 aliphatic heterocycles. The van der Waals surface area contributed by atoms with E-state index in [2.05, 4.69) is 43.3 Å². The third kappa shape index (κ3) is 1.29. The highest BCUT2D eigenvalue weighted by molar-refractivity contribution is 5.70. The van der Waals surface area contributed by atoms with E-state index < -0.39 is 0 Å². The molecule has 1 aromatic carbocycles. The molecule has 0 aromatic heterocycles. The summed E-state index contributed by atoms with van der Waals surface area (Å²) >= 11 is 0. The first kappa shape index (κ1) is 8.73. The topological polar surface area (TPSA) is 23.8 Å². The number of hydrogen-bond acceptors (Lipinski definition) is 1. The number of rotatable bonds is 1. The van der Waals surface area contributed by atoms with Crippen LogP contribution >= 0.6 is 0 Å². The molecule has 0 spiro atoms. The van der Waals surface area contributed by atoms with Gasteiger partial charge in [0, 0.05) is 0 Å². The van der Waals surface area contributed by atoms with Gasteiger partial charge in [0.2, 0.25) is 0 Å². The summed E-state index contributed by atoms with van der Waals surface area (Å²) in [4.78, 5) is 0. The third-order valence-corrected chi connectivity index (χ3v) is 3.65. The Balaban J connectivity index is 1.84. The number of nitriles is 1. The minimum Gasteiger partial charge on any atom is -0.198 e. The van der Waals surface area contributed by atoms with E-state index >= 15 is 0 Å². The predicted octanol–water partition coefficient (Wildman–Crippen LogP) is 3.17. The van der Waals surface area contributed by atoms with Crippen molar-refractivity contribution in [3.8, 4) is 6.07 Å². The van der Waals surface area contributed by atoms with Gasteiger partial charge in [-0.1, -0.05) is 35.9 Å². The quantitative estimate of drug-likeness (QED) is 0.675. The Labute approximate surface area is 90.0 Å². The number of aryl methyl sites for hydroxylation is 1. The highest BCUT2D eigenvalue weighted by atomic mass is 14.6. The molecule has 0 saturated heterocycles. The van der Waals surface area contributed by atoms with E-state index in [0.29, 0.717) is 17.8 Å². The summed E-state index contributed by atoms with van der Waals surface area (Å²) in [6, 6.07) is 11.1. The van der Waals surface area contributed by atoms with Crippen molar-refractivity contribution in [2.45, 2.75) is 13.3 Å². The summed E-state index contributed by atoms with van der Waals surface area (Å²) in [5.41, 5.74) is 4.08. The van der Waals surface area contributed by atoms with Crippen molar-refractivity contribution in [3.63, 3.8) is 0 Å². The molecule has 1 fully saturated rings. The van der Waals surface area contributed by atoms with Crippen LogP contribution in [0.15, 0.2) is 30.3 Å². The van der Waals surface area contributed by atoms with Gasteiger partial charge in [0.25, 0.3) is 0 Å². The van der Waals surface area contributed by atoms with Crippen molar-refractivity contribution in [2.75, 3.05) is 0 Å². The molecule has 1 nitrogen and oxygen atoms in total. The Hall–Kier alpha value is -1.55. The molecule has 3 atom stereocenters. The fourth-order valence-corrected chi connectivity index (χ4v) is 2.61. The second-order valence-electron chi connectivity index (χ2n) is 4.66. The van der Waals surface area contributed by atoms with Crippen molar-refractivity contribution < 1.29 is 0 Å². The van der Waals surface area contributed by atoms with Crippen LogP contribution in [0.2, 0.25) is 0 Å². The normalized spacial score (nSPS) is 31.7. The minimum absolute atomic E-state index is 0.319. The van der Waals surface area contributed by atoms with Crippen LogP contribution in [0.3, 0.4) is 0 Å². The van der Waals surface area contributed by atoms with Crippen LogP contribution in [0.25, 0.3) is 5.57 Å². The highest BCUT2D eigenvalue weighted by Gasteiger charge is 2.52. The Morgan fingerprint density at radius 3 is 2.53 bits per heavy atom. The maximum absolute atomic E-state index is 8.83. The van der Waals surface area contributed by atoms with Crippen molar-refractivity contribution in [1.82, 2.24) is 0 Å². The van der Waals surface area contributed by atoms with E-state index in [1.807, 2.05) is 0 Å². The van der Waals surface area contributed by atoms with Gasteiger partial charge in [-0.3, -0.25) is 0 Å². The monoisotopic (exact) mass is 195 g/mol. The van der Waals surface area contributed by atoms with Gasteiger partial charge < -0.3 is 0 Å². The molecule has 3 rings (SSSR count). The number of hydrogen-bond donors (Lipinski definition) is 0. The van der Waals surface area contributed by atoms with Crippen molar-refractivity contribution >= 4 is 5.57 Å². The zero-order chi connectivity index (χ0) is 10.4. The molecule has 0 bridgehead atoms. The van der Waals surface area contributed by atoms with E-state index in [1.165, 1.54) is 16.7 Å². The lowest BCUT2D eigenvalue weighted by Crippen LogP contribution is -1.87. The maximum atomic E-state index is 8.83. The fraction of sp³-hybridized carbons (Fsp3) is 0.357. The Bertz CT molecular complexity index is 461. The fourth-order valence-electron chi connectivity index (χ4n) is 2.61. The van der Waals surface area contributed by atoms with E-state index in [1.54, 1.807) is 0 Å². The number of allylic oxidation sites excluding steroid dienone is 2. The Morgan fingerprint density at radius 2 is 2.00 bits per heavy atom. The molecule has 1 aromatic rings. The zero-order valence-electron chi connectivity index (χ0n) is 8.77. The molecule has 0 amide bonds. The van der Waals surface area contributed by atoms with Crippen molar-refractivity contribution in [2.24, 2.45) is 17.8 Å². The van der Waals surface area contributed by atoms with E-state index in [0.717, 1.165) is 6.42 Å². The van der Waals surface area contributed by atoms with E-state index in [-0.39, 0.29) is 0 Å². The summed E-state index contributed by atoms with van der Waals surface area (Å²) < 4.78 is 0. The van der Waals surface area contributed by atoms with Crippen molar-refractivity contribution in [3.05, 3.63) is 41.5 Å². The lowest BCUT2D eigenvalue weighted by Gasteiger charge is -2.04. The van der Waals surface area contributed by atoms with E-state index in [9.17, 15) is 0 Å². The van der Waals surface area contributed by atoms with Crippen LogP contribution in [0.4, 0.5) is 0 Å². The van der Waals surface area contributed by atoms with Crippen LogP contribution in [0.5, 0.6) is 0 Å². The molecule has 15 heavy (non-hydrogen) atoms. The smallest absolute Gasteiger partial charge is 0.0665 e. The minimum atomic E-state index is 0.319. The number of fused-ring (bicyclic) bond motifs is 1. The Morgan fingerprint density at radius 1 is 1.27 bits per heavy atom. The summed E-state index contributed by atoms with van der Waals surface area (Å²) in [5.74, 6) is 1.51. The zero-order valence-corrected chi connectivity index (χ0v) is 8.77. The van der Waals surface area contributed by atoms with Crippen LogP contribution in [-0.2, 0) is 0 Å². The maximum Gasteiger partial charge on any atom is 0.0665 e. The van der Waals surface area contributed by atoms with Gasteiger partial charge in [0.05, 0.1) is 12.0 Å². The summed E-state index contributed by atoms with van der Waals surface area (Å²) in [6.07, 6.45) is 3.41. The largest absolute Gasteiger partial charge is 0.198 e. The standard InChI is InChI=1S/C14H13N/c1-9-2-4-10(5-3-9)11-6-12-13(7-11)14(12)8-15/h2-6,12-14H,7H2,1H3/t12-,13+,14+/m0/s1. The highest BCUT2D eigenvalue weighted by Crippen LogP contribution is 2.57. The van der Waals surface area contributed by atoms with Crippen LogP contribution < -0.4 is 0 Å². The third-order valence-electron chi connectivity index (χ3n) is 3.65. The lowest BCUT2D eigenvalue weighted by molar-refractivity contribution is 0.829. The molecule has 1 heteroatoms. The summed E-state index contributed by atoms with van der Waals surface area (Å²) in [7, 11) is 0. The molecule has 2 aliphatic rings. The lowest BCUT2D eigenvalue weighted by atomic mass is 10.0. The summed E-state index contributed by atoms with van der Waals surface area (Å²) in [6.45, 7) is 2.11. The van der Waals surface area contributed by atoms with Crippen LogP contribution in [0, 0.1) is 36.0 Å². The van der Waals surface area contributed by atoms with Crippen LogP contribution in [0.1, 0.15) is 17.5 Å². The SMILES string of the molecule is Cc1ccc(C2=C[C@@H]3[C@@H](C#N)[C@@H]3C2)cc1.